The Morgan fingerprint density at radius 1 is 1.09 bits per heavy atom. The highest BCUT2D eigenvalue weighted by atomic mass is 16.5. The number of nitrogens with one attached hydrogen (secondary N) is 1. The monoisotopic (exact) mass is 453 g/mol. The van der Waals surface area contributed by atoms with Gasteiger partial charge in [0.05, 0.1) is 31.3 Å². The third-order valence-corrected chi connectivity index (χ3v) is 5.00. The summed E-state index contributed by atoms with van der Waals surface area (Å²) in [6.45, 7) is 0.506. The molecule has 4 rings (SSSR count). The van der Waals surface area contributed by atoms with Gasteiger partial charge in [0.15, 0.2) is 0 Å². The number of hydrogen-bond acceptors (Lipinski definition) is 7. The molecule has 2 aromatic carbocycles. The van der Waals surface area contributed by atoms with E-state index in [2.05, 4.69) is 30.2 Å². The highest BCUT2D eigenvalue weighted by molar-refractivity contribution is 6.09. The maximum absolute atomic E-state index is 11.6. The fourth-order valence-corrected chi connectivity index (χ4v) is 3.39. The quantitative estimate of drug-likeness (QED) is 0.252. The SMILES string of the molecule is CN=C(NCc1ccccn1)c1c(N=Cc2cc(C(=O)OC)on2)cccc1-c1ccccc1. The lowest BCUT2D eigenvalue weighted by Crippen LogP contribution is -2.25. The van der Waals surface area contributed by atoms with E-state index in [1.807, 2.05) is 66.7 Å². The molecule has 8 heteroatoms. The zero-order valence-electron chi connectivity index (χ0n) is 18.8. The first-order chi connectivity index (χ1) is 16.7. The summed E-state index contributed by atoms with van der Waals surface area (Å²) in [7, 11) is 3.01. The van der Waals surface area contributed by atoms with Gasteiger partial charge in [-0.3, -0.25) is 15.0 Å². The normalized spacial score (nSPS) is 11.5. The molecule has 0 amide bonds. The van der Waals surface area contributed by atoms with Crippen LogP contribution in [0.25, 0.3) is 11.1 Å². The van der Waals surface area contributed by atoms with Crippen molar-refractivity contribution in [1.29, 1.82) is 0 Å². The van der Waals surface area contributed by atoms with Gasteiger partial charge in [-0.15, -0.1) is 0 Å². The number of ether oxygens (including phenoxy) is 1. The number of benzene rings is 2. The molecule has 8 nitrogen and oxygen atoms in total. The molecule has 4 aromatic rings. The molecular formula is C26H23N5O3. The number of nitrogens with zero attached hydrogens (tertiary/aromatic N) is 4. The number of carbonyl (C=O) groups is 1. The van der Waals surface area contributed by atoms with Crippen LogP contribution >= 0.6 is 0 Å². The molecule has 0 saturated carbocycles. The van der Waals surface area contributed by atoms with Crippen LogP contribution in [-0.2, 0) is 11.3 Å². The van der Waals surface area contributed by atoms with Crippen LogP contribution < -0.4 is 5.32 Å². The van der Waals surface area contributed by atoms with Gasteiger partial charge in [0.2, 0.25) is 5.76 Å². The summed E-state index contributed by atoms with van der Waals surface area (Å²) in [6, 6.07) is 23.2. The number of carbonyl (C=O) groups excluding carboxylic acids is 1. The first-order valence-corrected chi connectivity index (χ1v) is 10.6. The van der Waals surface area contributed by atoms with E-state index in [1.165, 1.54) is 19.4 Å². The largest absolute Gasteiger partial charge is 0.463 e. The molecule has 0 radical (unpaired) electrons. The van der Waals surface area contributed by atoms with Crippen LogP contribution in [0, 0.1) is 0 Å². The second kappa shape index (κ2) is 10.8. The molecule has 0 atom stereocenters. The standard InChI is InChI=1S/C26H23N5O3/c1-27-25(30-16-19-11-6-7-14-28-19)24-21(18-9-4-3-5-10-18)12-8-13-22(24)29-17-20-15-23(34-31-20)26(32)33-2/h3-15,17H,16H2,1-2H3,(H,27,30). The maximum Gasteiger partial charge on any atom is 0.376 e. The van der Waals surface area contributed by atoms with Gasteiger partial charge in [0.25, 0.3) is 0 Å². The number of hydrogen-bond donors (Lipinski definition) is 1. The van der Waals surface area contributed by atoms with Crippen LogP contribution in [0.15, 0.2) is 93.5 Å². The van der Waals surface area contributed by atoms with Crippen molar-refractivity contribution >= 4 is 23.7 Å². The predicted molar refractivity (Wildman–Crippen MR) is 131 cm³/mol. The highest BCUT2D eigenvalue weighted by Crippen LogP contribution is 2.31. The van der Waals surface area contributed by atoms with Crippen molar-refractivity contribution in [3.63, 3.8) is 0 Å². The number of pyridine rings is 1. The molecule has 0 aliphatic rings. The molecule has 0 aliphatic carbocycles. The molecule has 2 heterocycles. The summed E-state index contributed by atoms with van der Waals surface area (Å²) in [4.78, 5) is 25.2. The van der Waals surface area contributed by atoms with E-state index >= 15 is 0 Å². The molecule has 0 saturated heterocycles. The zero-order valence-corrected chi connectivity index (χ0v) is 18.8. The lowest BCUT2D eigenvalue weighted by molar-refractivity contribution is 0.0554. The molecule has 34 heavy (non-hydrogen) atoms. The molecule has 0 bridgehead atoms. The van der Waals surface area contributed by atoms with Crippen molar-refractivity contribution in [1.82, 2.24) is 15.5 Å². The van der Waals surface area contributed by atoms with Crippen LogP contribution in [0.2, 0.25) is 0 Å². The first kappa shape index (κ1) is 22.6. The van der Waals surface area contributed by atoms with Crippen molar-refractivity contribution in [3.05, 3.63) is 102 Å². The number of rotatable bonds is 7. The molecule has 2 aromatic heterocycles. The minimum atomic E-state index is -0.599. The number of aliphatic imine (C=N–C) groups is 2. The van der Waals surface area contributed by atoms with E-state index in [4.69, 9.17) is 4.52 Å². The van der Waals surface area contributed by atoms with Gasteiger partial charge >= 0.3 is 5.97 Å². The molecule has 0 aliphatic heterocycles. The van der Waals surface area contributed by atoms with Gasteiger partial charge in [-0.1, -0.05) is 53.7 Å². The lowest BCUT2D eigenvalue weighted by atomic mass is 9.97. The third-order valence-electron chi connectivity index (χ3n) is 5.00. The van der Waals surface area contributed by atoms with E-state index in [0.717, 1.165) is 22.4 Å². The summed E-state index contributed by atoms with van der Waals surface area (Å²) < 4.78 is 9.69. The third kappa shape index (κ3) is 5.24. The Bertz CT molecular complexity index is 1310. The average molecular weight is 454 g/mol. The van der Waals surface area contributed by atoms with E-state index in [0.29, 0.717) is 23.8 Å². The minimum absolute atomic E-state index is 0.00930. The topological polar surface area (TPSA) is 102 Å². The van der Waals surface area contributed by atoms with E-state index < -0.39 is 5.97 Å². The maximum atomic E-state index is 11.6. The Morgan fingerprint density at radius 2 is 1.91 bits per heavy atom. The summed E-state index contributed by atoms with van der Waals surface area (Å²) in [6.07, 6.45) is 3.30. The second-order valence-corrected chi connectivity index (χ2v) is 7.18. The van der Waals surface area contributed by atoms with Crippen molar-refractivity contribution < 1.29 is 14.1 Å². The van der Waals surface area contributed by atoms with Gasteiger partial charge in [-0.2, -0.15) is 0 Å². The van der Waals surface area contributed by atoms with Crippen molar-refractivity contribution in [2.45, 2.75) is 6.54 Å². The van der Waals surface area contributed by atoms with Gasteiger partial charge < -0.3 is 14.6 Å². The molecule has 0 unspecified atom stereocenters. The molecule has 170 valence electrons. The van der Waals surface area contributed by atoms with Crippen molar-refractivity contribution in [3.8, 4) is 11.1 Å². The number of amidine groups is 1. The van der Waals surface area contributed by atoms with Crippen LogP contribution in [-0.4, -0.2) is 42.3 Å². The number of esters is 1. The van der Waals surface area contributed by atoms with Crippen LogP contribution in [0.5, 0.6) is 0 Å². The second-order valence-electron chi connectivity index (χ2n) is 7.18. The van der Waals surface area contributed by atoms with Crippen LogP contribution in [0.1, 0.15) is 27.5 Å². The zero-order chi connectivity index (χ0) is 23.8. The Morgan fingerprint density at radius 3 is 2.65 bits per heavy atom. The van der Waals surface area contributed by atoms with Crippen molar-refractivity contribution in [2.75, 3.05) is 14.2 Å². The van der Waals surface area contributed by atoms with Crippen LogP contribution in [0.4, 0.5) is 5.69 Å². The molecule has 0 fully saturated rings. The highest BCUT2D eigenvalue weighted by Gasteiger charge is 2.16. The van der Waals surface area contributed by atoms with Crippen LogP contribution in [0.3, 0.4) is 0 Å². The van der Waals surface area contributed by atoms with Gasteiger partial charge in [0, 0.05) is 24.9 Å². The summed E-state index contributed by atoms with van der Waals surface area (Å²) in [5.41, 5.74) is 4.81. The molecule has 1 N–H and O–H groups in total. The number of methoxy groups -OCH3 is 1. The Hall–Kier alpha value is -4.59. The van der Waals surface area contributed by atoms with E-state index in [1.54, 1.807) is 13.2 Å². The minimum Gasteiger partial charge on any atom is -0.463 e. The lowest BCUT2D eigenvalue weighted by Gasteiger charge is -2.16. The van der Waals surface area contributed by atoms with Gasteiger partial charge in [0.1, 0.15) is 11.5 Å². The summed E-state index contributed by atoms with van der Waals surface area (Å²) in [5, 5.41) is 7.27. The summed E-state index contributed by atoms with van der Waals surface area (Å²) in [5.74, 6) is 0.0840. The predicted octanol–water partition coefficient (Wildman–Crippen LogP) is 4.44. The number of aromatic nitrogens is 2. The van der Waals surface area contributed by atoms with Crippen molar-refractivity contribution in [2.24, 2.45) is 9.98 Å². The Kier molecular flexibility index (Phi) is 7.19. The Labute approximate surface area is 197 Å². The fourth-order valence-electron chi connectivity index (χ4n) is 3.39. The van der Waals surface area contributed by atoms with Gasteiger partial charge in [-0.25, -0.2) is 4.79 Å². The molecule has 0 spiro atoms. The molecular weight excluding hydrogens is 430 g/mol. The Balaban J connectivity index is 1.72. The van der Waals surface area contributed by atoms with E-state index in [-0.39, 0.29) is 5.76 Å². The smallest absolute Gasteiger partial charge is 0.376 e. The fraction of sp³-hybridized carbons (Fsp3) is 0.115. The average Bonchev–Trinajstić information content (AvgIpc) is 3.38. The first-order valence-electron chi connectivity index (χ1n) is 10.6. The van der Waals surface area contributed by atoms with E-state index in [9.17, 15) is 4.79 Å². The summed E-state index contributed by atoms with van der Waals surface area (Å²) >= 11 is 0. The van der Waals surface area contributed by atoms with Gasteiger partial charge in [-0.05, 0) is 29.3 Å².